The second-order valence-electron chi connectivity index (χ2n) is 3.79. The molecule has 0 radical (unpaired) electrons. The number of thiophene rings is 1. The van der Waals surface area contributed by atoms with Crippen LogP contribution < -0.4 is 0 Å². The van der Waals surface area contributed by atoms with Crippen LogP contribution in [-0.4, -0.2) is 4.98 Å². The highest BCUT2D eigenvalue weighted by Crippen LogP contribution is 2.39. The van der Waals surface area contributed by atoms with Crippen LogP contribution in [0.3, 0.4) is 0 Å². The van der Waals surface area contributed by atoms with E-state index in [0.717, 1.165) is 26.3 Å². The first kappa shape index (κ1) is 13.6. The van der Waals surface area contributed by atoms with Crippen molar-refractivity contribution in [2.75, 3.05) is 0 Å². The highest BCUT2D eigenvalue weighted by atomic mass is 79.9. The Labute approximate surface area is 137 Å². The predicted octanol–water partition coefficient (Wildman–Crippen LogP) is 6.61. The summed E-state index contributed by atoms with van der Waals surface area (Å²) in [4.78, 5) is 4.63. The van der Waals surface area contributed by atoms with Crippen molar-refractivity contribution in [2.24, 2.45) is 0 Å². The first-order valence-corrected chi connectivity index (χ1v) is 8.54. The zero-order valence-corrected chi connectivity index (χ0v) is 14.1. The summed E-state index contributed by atoms with van der Waals surface area (Å²) in [5, 5.41) is 2.97. The highest BCUT2D eigenvalue weighted by Gasteiger charge is 2.12. The van der Waals surface area contributed by atoms with Gasteiger partial charge >= 0.3 is 0 Å². The summed E-state index contributed by atoms with van der Waals surface area (Å²) in [6.07, 6.45) is 0. The number of hydrogen-bond donors (Lipinski definition) is 0. The number of benzene rings is 1. The summed E-state index contributed by atoms with van der Waals surface area (Å²) in [6.45, 7) is 0. The summed E-state index contributed by atoms with van der Waals surface area (Å²) < 4.78 is 2.39. The van der Waals surface area contributed by atoms with Crippen molar-refractivity contribution >= 4 is 61.8 Å². The van der Waals surface area contributed by atoms with Crippen LogP contribution in [0.1, 0.15) is 0 Å². The first-order chi connectivity index (χ1) is 9.13. The Balaban J connectivity index is 2.02. The van der Waals surface area contributed by atoms with E-state index in [9.17, 15) is 0 Å². The average Bonchev–Trinajstić information content (AvgIpc) is 2.96. The first-order valence-electron chi connectivity index (χ1n) is 5.30. The number of aromatic nitrogens is 1. The highest BCUT2D eigenvalue weighted by molar-refractivity contribution is 9.10. The molecule has 0 saturated carbocycles. The van der Waals surface area contributed by atoms with Crippen LogP contribution in [0.2, 0.25) is 8.67 Å². The van der Waals surface area contributed by atoms with E-state index in [1.165, 1.54) is 11.3 Å². The average molecular weight is 391 g/mol. The molecule has 0 bridgehead atoms. The van der Waals surface area contributed by atoms with E-state index in [1.54, 1.807) is 11.3 Å². The van der Waals surface area contributed by atoms with Crippen molar-refractivity contribution in [2.45, 2.75) is 0 Å². The van der Waals surface area contributed by atoms with Gasteiger partial charge in [-0.25, -0.2) is 4.98 Å². The molecule has 1 nitrogen and oxygen atoms in total. The number of halogens is 3. The van der Waals surface area contributed by atoms with E-state index in [-0.39, 0.29) is 0 Å². The molecular weight excluding hydrogens is 385 g/mol. The zero-order valence-electron chi connectivity index (χ0n) is 9.36. The molecule has 0 aliphatic heterocycles. The van der Waals surface area contributed by atoms with E-state index in [2.05, 4.69) is 20.9 Å². The van der Waals surface area contributed by atoms with Gasteiger partial charge in [0.05, 0.1) is 10.0 Å². The molecular formula is C13H6BrCl2NS2. The zero-order chi connectivity index (χ0) is 13.4. The third-order valence-electron chi connectivity index (χ3n) is 2.51. The van der Waals surface area contributed by atoms with Gasteiger partial charge in [-0.1, -0.05) is 51.3 Å². The monoisotopic (exact) mass is 389 g/mol. The van der Waals surface area contributed by atoms with E-state index in [0.29, 0.717) is 8.67 Å². The lowest BCUT2D eigenvalue weighted by Gasteiger charge is -1.96. The summed E-state index contributed by atoms with van der Waals surface area (Å²) >= 11 is 18.5. The van der Waals surface area contributed by atoms with E-state index in [1.807, 2.05) is 35.7 Å². The van der Waals surface area contributed by atoms with Crippen molar-refractivity contribution in [1.29, 1.82) is 0 Å². The lowest BCUT2D eigenvalue weighted by atomic mass is 10.2. The van der Waals surface area contributed by atoms with Crippen LogP contribution in [0.25, 0.3) is 21.8 Å². The van der Waals surface area contributed by atoms with Gasteiger partial charge in [-0.15, -0.1) is 22.7 Å². The Morgan fingerprint density at radius 2 is 2.00 bits per heavy atom. The predicted molar refractivity (Wildman–Crippen MR) is 88.6 cm³/mol. The molecule has 0 aliphatic carbocycles. The van der Waals surface area contributed by atoms with Crippen LogP contribution in [0.15, 0.2) is 40.2 Å². The van der Waals surface area contributed by atoms with Gasteiger partial charge in [-0.05, 0) is 18.2 Å². The fraction of sp³-hybridized carbons (Fsp3) is 0. The molecule has 0 spiro atoms. The van der Waals surface area contributed by atoms with Gasteiger partial charge in [0.2, 0.25) is 0 Å². The summed E-state index contributed by atoms with van der Waals surface area (Å²) in [6, 6.07) is 9.93. The van der Waals surface area contributed by atoms with Crippen molar-refractivity contribution < 1.29 is 0 Å². The SMILES string of the molecule is Clc1cc(-c2csc(-c3cccc(Br)c3)n2)c(Cl)s1. The number of hydrogen-bond acceptors (Lipinski definition) is 3. The third kappa shape index (κ3) is 2.88. The molecule has 0 saturated heterocycles. The van der Waals surface area contributed by atoms with Crippen molar-refractivity contribution in [3.05, 3.63) is 48.9 Å². The van der Waals surface area contributed by atoms with E-state index >= 15 is 0 Å². The minimum absolute atomic E-state index is 0.677. The molecule has 0 amide bonds. The topological polar surface area (TPSA) is 12.9 Å². The third-order valence-corrected chi connectivity index (χ3v) is 5.38. The Morgan fingerprint density at radius 3 is 2.68 bits per heavy atom. The molecule has 3 rings (SSSR count). The summed E-state index contributed by atoms with van der Waals surface area (Å²) in [7, 11) is 0. The normalized spacial score (nSPS) is 10.9. The molecule has 0 atom stereocenters. The van der Waals surface area contributed by atoms with Crippen LogP contribution >= 0.6 is 61.8 Å². The lowest BCUT2D eigenvalue weighted by molar-refractivity contribution is 1.41. The maximum absolute atomic E-state index is 6.15. The van der Waals surface area contributed by atoms with Crippen LogP contribution in [-0.2, 0) is 0 Å². The Bertz CT molecular complexity index is 736. The van der Waals surface area contributed by atoms with E-state index in [4.69, 9.17) is 23.2 Å². The molecule has 2 aromatic heterocycles. The number of rotatable bonds is 2. The molecule has 3 aromatic rings. The maximum atomic E-state index is 6.15. The molecule has 0 unspecified atom stereocenters. The molecule has 0 aliphatic rings. The molecule has 96 valence electrons. The quantitative estimate of drug-likeness (QED) is 0.479. The molecule has 1 aromatic carbocycles. The van der Waals surface area contributed by atoms with Crippen molar-refractivity contribution in [3.63, 3.8) is 0 Å². The molecule has 6 heteroatoms. The van der Waals surface area contributed by atoms with Gasteiger partial charge in [0.25, 0.3) is 0 Å². The molecule has 2 heterocycles. The fourth-order valence-electron chi connectivity index (χ4n) is 1.67. The Kier molecular flexibility index (Phi) is 3.96. The van der Waals surface area contributed by atoms with Gasteiger partial charge in [-0.2, -0.15) is 0 Å². The van der Waals surface area contributed by atoms with Crippen LogP contribution in [0.4, 0.5) is 0 Å². The Morgan fingerprint density at radius 1 is 1.16 bits per heavy atom. The molecule has 19 heavy (non-hydrogen) atoms. The van der Waals surface area contributed by atoms with Gasteiger partial charge in [0.15, 0.2) is 0 Å². The standard InChI is InChI=1S/C13H6BrCl2NS2/c14-8-3-1-2-7(4-8)13-17-10(6-18-13)9-5-11(15)19-12(9)16/h1-6H. The van der Waals surface area contributed by atoms with Gasteiger partial charge in [0.1, 0.15) is 9.34 Å². The largest absolute Gasteiger partial charge is 0.236 e. The van der Waals surface area contributed by atoms with Gasteiger partial charge in [0, 0.05) is 21.0 Å². The van der Waals surface area contributed by atoms with Gasteiger partial charge < -0.3 is 0 Å². The second kappa shape index (κ2) is 5.54. The minimum atomic E-state index is 0.677. The van der Waals surface area contributed by atoms with Crippen molar-refractivity contribution in [3.8, 4) is 21.8 Å². The van der Waals surface area contributed by atoms with Crippen LogP contribution in [0.5, 0.6) is 0 Å². The molecule has 0 N–H and O–H groups in total. The van der Waals surface area contributed by atoms with Gasteiger partial charge in [-0.3, -0.25) is 0 Å². The smallest absolute Gasteiger partial charge is 0.124 e. The summed E-state index contributed by atoms with van der Waals surface area (Å²) in [5.41, 5.74) is 2.85. The number of nitrogens with zero attached hydrogens (tertiary/aromatic N) is 1. The second-order valence-corrected chi connectivity index (χ2v) is 7.85. The van der Waals surface area contributed by atoms with Crippen LogP contribution in [0, 0.1) is 0 Å². The Hall–Kier alpha value is -0.390. The molecule has 0 fully saturated rings. The van der Waals surface area contributed by atoms with Crippen molar-refractivity contribution in [1.82, 2.24) is 4.98 Å². The number of thiazole rings is 1. The fourth-order valence-corrected chi connectivity index (χ4v) is 4.36. The minimum Gasteiger partial charge on any atom is -0.236 e. The maximum Gasteiger partial charge on any atom is 0.124 e. The lowest BCUT2D eigenvalue weighted by Crippen LogP contribution is -1.78. The summed E-state index contributed by atoms with van der Waals surface area (Å²) in [5.74, 6) is 0. The van der Waals surface area contributed by atoms with E-state index < -0.39 is 0 Å².